The van der Waals surface area contributed by atoms with E-state index in [4.69, 9.17) is 33.2 Å². The van der Waals surface area contributed by atoms with Crippen LogP contribution in [-0.4, -0.2) is 51.3 Å². The Morgan fingerprint density at radius 1 is 0.341 bits per heavy atom. The van der Waals surface area contributed by atoms with Crippen molar-refractivity contribution in [2.45, 2.75) is 252 Å². The Labute approximate surface area is 514 Å². The van der Waals surface area contributed by atoms with Crippen LogP contribution in [0.15, 0.2) is 18.2 Å². The standard InChI is InChI=1S/C24H34F2O3.2C24H34F2O2.6H2/c1-15-3-6-19-13-21(22(25)23(26)24(19)29-15)28-14-16-4-7-17(8-5-16)18-9-11-20(27-2)12-10-18;2*1-15-3-8-18(9-4-15)19-11-6-17(7-12-19)14-27-21-13-20-10-5-16(2)28-24(20)23(26)22(21)25;;;;;;/h13,15-18,20H,3-12,14H2,1-2H3;2*13,15-19H,3-12,14H2,1-2H3;6*1H. The molecule has 7 nitrogen and oxygen atoms in total. The second-order valence-corrected chi connectivity index (χ2v) is 28.5. The Bertz CT molecular complexity index is 2520. The third-order valence-electron chi connectivity index (χ3n) is 22.3. The van der Waals surface area contributed by atoms with Crippen LogP contribution < -0.4 is 28.4 Å². The van der Waals surface area contributed by atoms with Crippen LogP contribution in [0.2, 0.25) is 0 Å². The zero-order valence-corrected chi connectivity index (χ0v) is 52.4. The molecule has 0 amide bonds. The Kier molecular flexibility index (Phi) is 22.6. The molecule has 3 unspecified atom stereocenters. The summed E-state index contributed by atoms with van der Waals surface area (Å²) in [4.78, 5) is 0. The molecule has 0 saturated heterocycles. The Morgan fingerprint density at radius 2 is 0.588 bits per heavy atom. The van der Waals surface area contributed by atoms with Crippen molar-refractivity contribution in [1.82, 2.24) is 0 Å². The minimum atomic E-state index is -0.915. The van der Waals surface area contributed by atoms with Crippen molar-refractivity contribution in [2.24, 2.45) is 65.1 Å². The maximum Gasteiger partial charge on any atom is 0.204 e. The van der Waals surface area contributed by atoms with Crippen molar-refractivity contribution in [3.8, 4) is 34.5 Å². The number of rotatable bonds is 13. The Morgan fingerprint density at radius 3 is 0.847 bits per heavy atom. The summed E-state index contributed by atoms with van der Waals surface area (Å²) in [5.41, 5.74) is 2.16. The lowest BCUT2D eigenvalue weighted by molar-refractivity contribution is 0.0376. The van der Waals surface area contributed by atoms with Crippen molar-refractivity contribution < 1.29 is 68.1 Å². The highest BCUT2D eigenvalue weighted by atomic mass is 19.2. The minimum absolute atomic E-state index is 0. The van der Waals surface area contributed by atoms with E-state index >= 15 is 0 Å². The highest BCUT2D eigenvalue weighted by Crippen LogP contribution is 2.46. The largest absolute Gasteiger partial charge is 0.490 e. The maximum atomic E-state index is 14.4. The molecule has 12 rings (SSSR count). The normalized spacial score (nSPS) is 32.8. The van der Waals surface area contributed by atoms with Gasteiger partial charge in [-0.15, -0.1) is 0 Å². The van der Waals surface area contributed by atoms with E-state index in [9.17, 15) is 26.3 Å². The zero-order valence-electron chi connectivity index (χ0n) is 52.4. The molecule has 3 aliphatic heterocycles. The Balaban J connectivity index is 0.000000282. The molecule has 3 aromatic carbocycles. The van der Waals surface area contributed by atoms with E-state index in [1.54, 1.807) is 18.2 Å². The molecule has 13 heteroatoms. The lowest BCUT2D eigenvalue weighted by atomic mass is 9.69. The second-order valence-electron chi connectivity index (χ2n) is 28.5. The predicted molar refractivity (Wildman–Crippen MR) is 335 cm³/mol. The third-order valence-corrected chi connectivity index (χ3v) is 22.3. The van der Waals surface area contributed by atoms with E-state index in [0.717, 1.165) is 116 Å². The van der Waals surface area contributed by atoms with E-state index in [2.05, 4.69) is 13.8 Å². The summed E-state index contributed by atoms with van der Waals surface area (Å²) in [6.45, 7) is 11.8. The molecule has 6 fully saturated rings. The summed E-state index contributed by atoms with van der Waals surface area (Å²) < 4.78 is 126. The molecule has 3 aromatic rings. The summed E-state index contributed by atoms with van der Waals surface area (Å²) in [7, 11) is 1.82. The number of aryl methyl sites for hydroxylation is 3. The first-order chi connectivity index (χ1) is 41.1. The molecule has 0 aromatic heterocycles. The van der Waals surface area contributed by atoms with E-state index in [1.165, 1.54) is 116 Å². The molecular formula is C72H114F6O7. The number of hydrogen-bond acceptors (Lipinski definition) is 7. The Hall–Kier alpha value is -4.00. The fourth-order valence-electron chi connectivity index (χ4n) is 16.4. The van der Waals surface area contributed by atoms with Crippen molar-refractivity contribution >= 4 is 0 Å². The fraction of sp³-hybridized carbons (Fsp3) is 0.750. The average molecular weight is 1210 g/mol. The second kappa shape index (κ2) is 30.0. The summed E-state index contributed by atoms with van der Waals surface area (Å²) in [5, 5.41) is 0. The van der Waals surface area contributed by atoms with Gasteiger partial charge in [0, 0.05) is 32.4 Å². The lowest BCUT2D eigenvalue weighted by Crippen LogP contribution is -2.29. The van der Waals surface area contributed by atoms with Gasteiger partial charge in [0.2, 0.25) is 34.9 Å². The van der Waals surface area contributed by atoms with Crippen LogP contribution in [0.4, 0.5) is 26.3 Å². The summed E-state index contributed by atoms with van der Waals surface area (Å²) in [5.74, 6) is 3.27. The molecule has 486 valence electrons. The third kappa shape index (κ3) is 16.5. The van der Waals surface area contributed by atoms with E-state index < -0.39 is 34.9 Å². The van der Waals surface area contributed by atoms with Gasteiger partial charge in [-0.1, -0.05) is 39.5 Å². The van der Waals surface area contributed by atoms with Crippen LogP contribution in [0.1, 0.15) is 233 Å². The summed E-state index contributed by atoms with van der Waals surface area (Å²) in [6.07, 6.45) is 35.2. The van der Waals surface area contributed by atoms with Gasteiger partial charge < -0.3 is 33.2 Å². The van der Waals surface area contributed by atoms with Crippen LogP contribution in [0.5, 0.6) is 34.5 Å². The first kappa shape index (κ1) is 64.0. The molecule has 3 heterocycles. The van der Waals surface area contributed by atoms with Gasteiger partial charge in [-0.05, 0) is 271 Å². The molecule has 6 aliphatic carbocycles. The van der Waals surface area contributed by atoms with Crippen LogP contribution in [-0.2, 0) is 24.0 Å². The molecule has 6 saturated carbocycles. The van der Waals surface area contributed by atoms with E-state index in [-0.39, 0.29) is 61.4 Å². The van der Waals surface area contributed by atoms with Crippen molar-refractivity contribution in [1.29, 1.82) is 0 Å². The quantitative estimate of drug-likeness (QED) is 0.158. The average Bonchev–Trinajstić information content (AvgIpc) is 1.62. The molecule has 9 aliphatic rings. The maximum absolute atomic E-state index is 14.4. The van der Waals surface area contributed by atoms with Crippen molar-refractivity contribution in [2.75, 3.05) is 26.9 Å². The van der Waals surface area contributed by atoms with Gasteiger partial charge >= 0.3 is 0 Å². The number of benzene rings is 3. The number of methoxy groups -OCH3 is 1. The highest BCUT2D eigenvalue weighted by molar-refractivity contribution is 5.46. The number of ether oxygens (including phenoxy) is 7. The number of fused-ring (bicyclic) bond motifs is 3. The number of hydrogen-bond donors (Lipinski definition) is 0. The van der Waals surface area contributed by atoms with Gasteiger partial charge in [-0.2, -0.15) is 26.3 Å². The molecule has 0 spiro atoms. The van der Waals surface area contributed by atoms with Crippen LogP contribution in [0.3, 0.4) is 0 Å². The highest BCUT2D eigenvalue weighted by Gasteiger charge is 2.36. The number of halogens is 6. The van der Waals surface area contributed by atoms with Crippen LogP contribution >= 0.6 is 0 Å². The summed E-state index contributed by atoms with van der Waals surface area (Å²) in [6, 6.07) is 4.93. The molecule has 0 radical (unpaired) electrons. The topological polar surface area (TPSA) is 64.6 Å². The first-order valence-corrected chi connectivity index (χ1v) is 34.0. The van der Waals surface area contributed by atoms with Crippen molar-refractivity contribution in [3.63, 3.8) is 0 Å². The van der Waals surface area contributed by atoms with E-state index in [1.807, 2.05) is 27.9 Å². The molecule has 0 bridgehead atoms. The molecular weight excluding hydrogens is 1090 g/mol. The zero-order chi connectivity index (χ0) is 59.7. The van der Waals surface area contributed by atoms with Gasteiger partial charge in [0.05, 0.1) is 44.2 Å². The van der Waals surface area contributed by atoms with Gasteiger partial charge in [0.25, 0.3) is 0 Å². The monoisotopic (exact) mass is 1200 g/mol. The lowest BCUT2D eigenvalue weighted by Gasteiger charge is -2.37. The van der Waals surface area contributed by atoms with E-state index in [0.29, 0.717) is 68.5 Å². The first-order valence-electron chi connectivity index (χ1n) is 34.0. The van der Waals surface area contributed by atoms with Crippen LogP contribution in [0.25, 0.3) is 0 Å². The smallest absolute Gasteiger partial charge is 0.204 e. The fourth-order valence-corrected chi connectivity index (χ4v) is 16.4. The summed E-state index contributed by atoms with van der Waals surface area (Å²) >= 11 is 0. The molecule has 0 N–H and O–H groups in total. The van der Waals surface area contributed by atoms with Crippen molar-refractivity contribution in [3.05, 3.63) is 69.8 Å². The SMILES string of the molecule is CC1CCC(C2CCC(COc3cc4c(c(F)c3F)OC(C)CC4)CC2)CC1.CC1CCC(C2CCC(COc3cc4c(c(F)c3F)OC(C)CC4)CC2)CC1.COC1CCC(C2CCC(COc3cc4c(c(F)c3F)OC(C)CC4)CC2)CC1.[HH].[HH].[HH].[HH].[HH].[HH]. The van der Waals surface area contributed by atoms with Gasteiger partial charge in [0.15, 0.2) is 34.5 Å². The predicted octanol–water partition coefficient (Wildman–Crippen LogP) is 20.9. The van der Waals surface area contributed by atoms with Gasteiger partial charge in [0.1, 0.15) is 0 Å². The minimum Gasteiger partial charge on any atom is -0.490 e. The van der Waals surface area contributed by atoms with Gasteiger partial charge in [-0.3, -0.25) is 0 Å². The molecule has 85 heavy (non-hydrogen) atoms. The van der Waals surface area contributed by atoms with Crippen LogP contribution in [0, 0.1) is 100 Å². The van der Waals surface area contributed by atoms with Gasteiger partial charge in [-0.25, -0.2) is 0 Å². The molecule has 3 atom stereocenters.